The zero-order valence-electron chi connectivity index (χ0n) is 18.8. The number of carbonyl (C=O) groups is 1. The number of benzene rings is 1. The fourth-order valence-electron chi connectivity index (χ4n) is 5.10. The van der Waals surface area contributed by atoms with Gasteiger partial charge in [0, 0.05) is 24.6 Å². The highest BCUT2D eigenvalue weighted by molar-refractivity contribution is 5.94. The van der Waals surface area contributed by atoms with E-state index in [-0.39, 0.29) is 5.91 Å². The van der Waals surface area contributed by atoms with E-state index in [1.165, 1.54) is 12.8 Å². The van der Waals surface area contributed by atoms with Crippen LogP contribution in [0.1, 0.15) is 80.4 Å². The van der Waals surface area contributed by atoms with Crippen LogP contribution in [0.25, 0.3) is 0 Å². The third kappa shape index (κ3) is 5.73. The lowest BCUT2D eigenvalue weighted by Gasteiger charge is -2.40. The van der Waals surface area contributed by atoms with E-state index in [0.717, 1.165) is 88.4 Å². The van der Waals surface area contributed by atoms with E-state index in [4.69, 9.17) is 4.52 Å². The fraction of sp³-hybridized carbons (Fsp3) is 0.640. The summed E-state index contributed by atoms with van der Waals surface area (Å²) in [6.45, 7) is 5.86. The average molecular weight is 425 g/mol. The van der Waals surface area contributed by atoms with Gasteiger partial charge in [0.15, 0.2) is 5.82 Å². The molecule has 0 aliphatic carbocycles. The van der Waals surface area contributed by atoms with Crippen molar-refractivity contribution < 1.29 is 9.32 Å². The van der Waals surface area contributed by atoms with E-state index in [1.54, 1.807) is 0 Å². The number of rotatable bonds is 7. The van der Waals surface area contributed by atoms with Crippen LogP contribution < -0.4 is 0 Å². The zero-order chi connectivity index (χ0) is 21.5. The van der Waals surface area contributed by atoms with Crippen LogP contribution in [-0.2, 0) is 13.0 Å². The number of aromatic nitrogens is 2. The van der Waals surface area contributed by atoms with Gasteiger partial charge in [-0.1, -0.05) is 49.5 Å². The van der Waals surface area contributed by atoms with Gasteiger partial charge < -0.3 is 9.42 Å². The van der Waals surface area contributed by atoms with Crippen molar-refractivity contribution in [2.24, 2.45) is 5.92 Å². The van der Waals surface area contributed by atoms with Gasteiger partial charge in [-0.05, 0) is 63.2 Å². The van der Waals surface area contributed by atoms with Crippen LogP contribution in [0.4, 0.5) is 0 Å². The Labute approximate surface area is 186 Å². The van der Waals surface area contributed by atoms with Gasteiger partial charge in [0.05, 0.1) is 6.54 Å². The Hall–Kier alpha value is -2.21. The molecular formula is C25H36N4O2. The van der Waals surface area contributed by atoms with E-state index in [0.29, 0.717) is 12.0 Å². The maximum atomic E-state index is 13.3. The lowest BCUT2D eigenvalue weighted by molar-refractivity contribution is 0.0506. The molecule has 0 saturated carbocycles. The van der Waals surface area contributed by atoms with Crippen LogP contribution in [0, 0.1) is 5.92 Å². The second-order valence-electron chi connectivity index (χ2n) is 9.10. The molecule has 1 unspecified atom stereocenters. The summed E-state index contributed by atoms with van der Waals surface area (Å²) in [5.41, 5.74) is 0.821. The molecule has 0 N–H and O–H groups in total. The summed E-state index contributed by atoms with van der Waals surface area (Å²) in [6.07, 6.45) is 10.1. The van der Waals surface area contributed by atoms with Gasteiger partial charge in [-0.3, -0.25) is 9.69 Å². The predicted octanol–water partition coefficient (Wildman–Crippen LogP) is 4.71. The van der Waals surface area contributed by atoms with Gasteiger partial charge in [0.1, 0.15) is 0 Å². The Morgan fingerprint density at radius 2 is 1.87 bits per heavy atom. The molecular weight excluding hydrogens is 388 g/mol. The van der Waals surface area contributed by atoms with Gasteiger partial charge in [0.2, 0.25) is 5.89 Å². The van der Waals surface area contributed by atoms with Gasteiger partial charge >= 0.3 is 0 Å². The SMILES string of the molecule is CCCCc1noc(CN2CCC(C3CCCCCN3C(=O)c3ccccc3)CC2)n1. The highest BCUT2D eigenvalue weighted by Gasteiger charge is 2.34. The molecule has 3 heterocycles. The normalized spacial score (nSPS) is 21.2. The number of aryl methyl sites for hydroxylation is 1. The molecule has 2 saturated heterocycles. The summed E-state index contributed by atoms with van der Waals surface area (Å²) in [6, 6.07) is 10.2. The number of hydrogen-bond acceptors (Lipinski definition) is 5. The van der Waals surface area contributed by atoms with Crippen LogP contribution in [-0.4, -0.2) is 51.5 Å². The number of piperidine rings is 1. The van der Waals surface area contributed by atoms with Gasteiger partial charge in [-0.2, -0.15) is 4.98 Å². The van der Waals surface area contributed by atoms with Crippen LogP contribution in [0.2, 0.25) is 0 Å². The molecule has 1 aromatic carbocycles. The van der Waals surface area contributed by atoms with Crippen LogP contribution in [0.5, 0.6) is 0 Å². The number of carbonyl (C=O) groups excluding carboxylic acids is 1. The first-order valence-electron chi connectivity index (χ1n) is 12.1. The number of amides is 1. The summed E-state index contributed by atoms with van der Waals surface area (Å²) in [5.74, 6) is 2.35. The van der Waals surface area contributed by atoms with E-state index in [2.05, 4.69) is 26.9 Å². The second kappa shape index (κ2) is 10.9. The zero-order valence-corrected chi connectivity index (χ0v) is 18.8. The topological polar surface area (TPSA) is 62.5 Å². The maximum Gasteiger partial charge on any atom is 0.254 e. The summed E-state index contributed by atoms with van der Waals surface area (Å²) in [4.78, 5) is 22.5. The summed E-state index contributed by atoms with van der Waals surface area (Å²) in [7, 11) is 0. The molecule has 2 aliphatic heterocycles. The van der Waals surface area contributed by atoms with Crippen molar-refractivity contribution in [2.75, 3.05) is 19.6 Å². The molecule has 6 nitrogen and oxygen atoms in total. The third-order valence-corrected chi connectivity index (χ3v) is 6.88. The van der Waals surface area contributed by atoms with Crippen molar-refractivity contribution >= 4 is 5.91 Å². The summed E-state index contributed by atoms with van der Waals surface area (Å²) < 4.78 is 5.47. The minimum atomic E-state index is 0.209. The first kappa shape index (κ1) is 22.0. The van der Waals surface area contributed by atoms with Gasteiger partial charge in [-0.15, -0.1) is 0 Å². The molecule has 1 amide bonds. The van der Waals surface area contributed by atoms with Crippen LogP contribution in [0.3, 0.4) is 0 Å². The molecule has 168 valence electrons. The van der Waals surface area contributed by atoms with Crippen molar-refractivity contribution in [1.29, 1.82) is 0 Å². The van der Waals surface area contributed by atoms with Gasteiger partial charge in [0.25, 0.3) is 5.91 Å². The lowest BCUT2D eigenvalue weighted by atomic mass is 9.86. The van der Waals surface area contributed by atoms with E-state index >= 15 is 0 Å². The minimum absolute atomic E-state index is 0.209. The molecule has 31 heavy (non-hydrogen) atoms. The average Bonchev–Trinajstić information content (AvgIpc) is 3.11. The molecule has 1 atom stereocenters. The summed E-state index contributed by atoms with van der Waals surface area (Å²) in [5, 5.41) is 4.12. The molecule has 0 spiro atoms. The molecule has 2 aliphatic rings. The molecule has 0 bridgehead atoms. The number of hydrogen-bond donors (Lipinski definition) is 0. The van der Waals surface area contributed by atoms with Gasteiger partial charge in [-0.25, -0.2) is 0 Å². The number of likely N-dealkylation sites (tertiary alicyclic amines) is 2. The largest absolute Gasteiger partial charge is 0.338 e. The lowest BCUT2D eigenvalue weighted by Crippen LogP contribution is -2.47. The standard InChI is InChI=1S/C25H36N4O2/c1-2-3-13-23-26-24(31-27-23)19-28-17-14-20(15-18-28)22-12-8-5-9-16-29(22)25(30)21-10-6-4-7-11-21/h4,6-7,10-11,20,22H,2-3,5,8-9,12-19H2,1H3. The van der Waals surface area contributed by atoms with Crippen LogP contribution in [0.15, 0.2) is 34.9 Å². The Bertz CT molecular complexity index is 814. The van der Waals surface area contributed by atoms with Crippen LogP contribution >= 0.6 is 0 Å². The van der Waals surface area contributed by atoms with Crippen molar-refractivity contribution in [3.8, 4) is 0 Å². The molecule has 4 rings (SSSR count). The van der Waals surface area contributed by atoms with E-state index < -0.39 is 0 Å². The Kier molecular flexibility index (Phi) is 7.73. The Morgan fingerprint density at radius 3 is 2.65 bits per heavy atom. The van der Waals surface area contributed by atoms with E-state index in [1.807, 2.05) is 30.3 Å². The van der Waals surface area contributed by atoms with Crippen molar-refractivity contribution in [1.82, 2.24) is 19.9 Å². The predicted molar refractivity (Wildman–Crippen MR) is 121 cm³/mol. The molecule has 6 heteroatoms. The smallest absolute Gasteiger partial charge is 0.254 e. The first-order valence-corrected chi connectivity index (χ1v) is 12.1. The monoisotopic (exact) mass is 424 g/mol. The van der Waals surface area contributed by atoms with Crippen molar-refractivity contribution in [2.45, 2.75) is 77.3 Å². The molecule has 2 fully saturated rings. The first-order chi connectivity index (χ1) is 15.2. The minimum Gasteiger partial charge on any atom is -0.338 e. The maximum absolute atomic E-state index is 13.3. The van der Waals surface area contributed by atoms with Crippen molar-refractivity contribution in [3.05, 3.63) is 47.6 Å². The highest BCUT2D eigenvalue weighted by Crippen LogP contribution is 2.31. The quantitative estimate of drug-likeness (QED) is 0.644. The third-order valence-electron chi connectivity index (χ3n) is 6.88. The fourth-order valence-corrected chi connectivity index (χ4v) is 5.10. The highest BCUT2D eigenvalue weighted by atomic mass is 16.5. The second-order valence-corrected chi connectivity index (χ2v) is 9.10. The Balaban J connectivity index is 1.34. The molecule has 2 aromatic rings. The molecule has 0 radical (unpaired) electrons. The van der Waals surface area contributed by atoms with E-state index in [9.17, 15) is 4.79 Å². The summed E-state index contributed by atoms with van der Waals surface area (Å²) >= 11 is 0. The van der Waals surface area contributed by atoms with Crippen molar-refractivity contribution in [3.63, 3.8) is 0 Å². The Morgan fingerprint density at radius 1 is 1.06 bits per heavy atom. The number of unbranched alkanes of at least 4 members (excludes halogenated alkanes) is 1. The molecule has 1 aromatic heterocycles. The number of nitrogens with zero attached hydrogens (tertiary/aromatic N) is 4.